The van der Waals surface area contributed by atoms with E-state index in [2.05, 4.69) is 9.71 Å². The summed E-state index contributed by atoms with van der Waals surface area (Å²) in [6.45, 7) is 0.340. The smallest absolute Gasteiger partial charge is 0.240 e. The summed E-state index contributed by atoms with van der Waals surface area (Å²) in [5, 5.41) is 0.158. The molecule has 1 heterocycles. The lowest BCUT2D eigenvalue weighted by Gasteiger charge is -2.06. The molecule has 2 aromatic rings. The maximum absolute atomic E-state index is 12.0. The summed E-state index contributed by atoms with van der Waals surface area (Å²) in [5.74, 6) is 0. The minimum Gasteiger partial charge on any atom is -0.244 e. The molecule has 0 bridgehead atoms. The molecule has 4 nitrogen and oxygen atoms in total. The summed E-state index contributed by atoms with van der Waals surface area (Å²) in [6.07, 6.45) is 2.01. The summed E-state index contributed by atoms with van der Waals surface area (Å²) in [7, 11) is -3.53. The van der Waals surface area contributed by atoms with Crippen LogP contribution in [0.5, 0.6) is 0 Å². The van der Waals surface area contributed by atoms with Crippen LogP contribution in [-0.4, -0.2) is 19.9 Å². The van der Waals surface area contributed by atoms with Crippen molar-refractivity contribution >= 4 is 21.6 Å². The van der Waals surface area contributed by atoms with Gasteiger partial charge in [0.1, 0.15) is 5.15 Å². The zero-order valence-electron chi connectivity index (χ0n) is 10.1. The highest BCUT2D eigenvalue weighted by Crippen LogP contribution is 2.12. The van der Waals surface area contributed by atoms with Crippen molar-refractivity contribution in [2.45, 2.75) is 11.3 Å². The second-order valence-corrected chi connectivity index (χ2v) is 6.10. The molecular weight excluding hydrogens is 284 g/mol. The molecule has 6 heteroatoms. The first kappa shape index (κ1) is 14.0. The van der Waals surface area contributed by atoms with Gasteiger partial charge in [-0.25, -0.2) is 18.1 Å². The van der Waals surface area contributed by atoms with Crippen molar-refractivity contribution in [3.8, 4) is 0 Å². The molecule has 0 atom stereocenters. The van der Waals surface area contributed by atoms with E-state index in [4.69, 9.17) is 11.6 Å². The van der Waals surface area contributed by atoms with Crippen LogP contribution < -0.4 is 4.72 Å². The third kappa shape index (κ3) is 4.02. The Morgan fingerprint density at radius 1 is 1.16 bits per heavy atom. The molecule has 0 aliphatic heterocycles. The van der Waals surface area contributed by atoms with Crippen molar-refractivity contribution in [1.82, 2.24) is 9.71 Å². The molecule has 0 saturated heterocycles. The summed E-state index contributed by atoms with van der Waals surface area (Å²) in [6, 6.07) is 12.4. The minimum absolute atomic E-state index is 0.126. The number of nitrogens with zero attached hydrogens (tertiary/aromatic N) is 1. The number of pyridine rings is 1. The molecule has 0 radical (unpaired) electrons. The Bertz CT molecular complexity index is 645. The first-order valence-electron chi connectivity index (χ1n) is 5.73. The van der Waals surface area contributed by atoms with Gasteiger partial charge in [0, 0.05) is 12.7 Å². The molecule has 19 heavy (non-hydrogen) atoms. The van der Waals surface area contributed by atoms with Crippen LogP contribution in [0.1, 0.15) is 5.56 Å². The third-order valence-corrected chi connectivity index (χ3v) is 4.22. The van der Waals surface area contributed by atoms with Crippen LogP contribution in [0, 0.1) is 0 Å². The van der Waals surface area contributed by atoms with Crippen LogP contribution in [0.2, 0.25) is 5.15 Å². The lowest BCUT2D eigenvalue weighted by atomic mass is 10.2. The topological polar surface area (TPSA) is 59.1 Å². The Balaban J connectivity index is 1.99. The summed E-state index contributed by atoms with van der Waals surface area (Å²) in [5.41, 5.74) is 1.08. The second kappa shape index (κ2) is 6.14. The molecule has 1 aromatic heterocycles. The molecule has 0 fully saturated rings. The van der Waals surface area contributed by atoms with Gasteiger partial charge >= 0.3 is 0 Å². The maximum atomic E-state index is 12.0. The van der Waals surface area contributed by atoms with Crippen LogP contribution in [0.4, 0.5) is 0 Å². The van der Waals surface area contributed by atoms with Gasteiger partial charge in [-0.15, -0.1) is 0 Å². The summed E-state index contributed by atoms with van der Waals surface area (Å²) in [4.78, 5) is 3.88. The van der Waals surface area contributed by atoms with Gasteiger partial charge in [0.25, 0.3) is 0 Å². The first-order valence-corrected chi connectivity index (χ1v) is 7.59. The first-order chi connectivity index (χ1) is 9.08. The minimum atomic E-state index is -3.53. The Kier molecular flexibility index (Phi) is 4.52. The van der Waals surface area contributed by atoms with Crippen molar-refractivity contribution in [2.75, 3.05) is 6.54 Å². The molecule has 0 spiro atoms. The fraction of sp³-hybridized carbons (Fsp3) is 0.154. The number of hydrogen-bond donors (Lipinski definition) is 1. The molecule has 1 N–H and O–H groups in total. The lowest BCUT2D eigenvalue weighted by Crippen LogP contribution is -2.26. The number of sulfonamides is 1. The van der Waals surface area contributed by atoms with E-state index in [-0.39, 0.29) is 10.0 Å². The van der Waals surface area contributed by atoms with E-state index in [0.717, 1.165) is 5.56 Å². The SMILES string of the molecule is O=S(=O)(NCCc1ccccc1)c1ccnc(Cl)c1. The molecule has 1 aromatic carbocycles. The zero-order valence-corrected chi connectivity index (χ0v) is 11.7. The van der Waals surface area contributed by atoms with Gasteiger partial charge in [-0.1, -0.05) is 41.9 Å². The van der Waals surface area contributed by atoms with Crippen molar-refractivity contribution in [1.29, 1.82) is 0 Å². The van der Waals surface area contributed by atoms with Crippen molar-refractivity contribution in [2.24, 2.45) is 0 Å². The van der Waals surface area contributed by atoms with Crippen LogP contribution in [0.3, 0.4) is 0 Å². The van der Waals surface area contributed by atoms with Crippen LogP contribution >= 0.6 is 11.6 Å². The monoisotopic (exact) mass is 296 g/mol. The number of benzene rings is 1. The Morgan fingerprint density at radius 2 is 1.89 bits per heavy atom. The standard InChI is InChI=1S/C13H13ClN2O2S/c14-13-10-12(7-8-15-13)19(17,18)16-9-6-11-4-2-1-3-5-11/h1-5,7-8,10,16H,6,9H2. The zero-order chi connectivity index (χ0) is 13.7. The molecule has 2 rings (SSSR count). The van der Waals surface area contributed by atoms with E-state index < -0.39 is 10.0 Å². The fourth-order valence-corrected chi connectivity index (χ4v) is 2.89. The van der Waals surface area contributed by atoms with Crippen molar-refractivity contribution < 1.29 is 8.42 Å². The van der Waals surface area contributed by atoms with E-state index in [0.29, 0.717) is 13.0 Å². The van der Waals surface area contributed by atoms with Gasteiger partial charge < -0.3 is 0 Å². The molecule has 0 amide bonds. The Labute approximate surface area is 117 Å². The lowest BCUT2D eigenvalue weighted by molar-refractivity contribution is 0.581. The average molecular weight is 297 g/mol. The number of rotatable bonds is 5. The molecule has 0 aliphatic carbocycles. The van der Waals surface area contributed by atoms with Crippen molar-refractivity contribution in [3.05, 3.63) is 59.4 Å². The Hall–Kier alpha value is -1.43. The predicted octanol–water partition coefficient (Wildman–Crippen LogP) is 2.26. The van der Waals surface area contributed by atoms with Gasteiger partial charge in [-0.3, -0.25) is 0 Å². The predicted molar refractivity (Wildman–Crippen MR) is 74.6 cm³/mol. The van der Waals surface area contributed by atoms with E-state index in [1.165, 1.54) is 18.3 Å². The molecule has 100 valence electrons. The van der Waals surface area contributed by atoms with Gasteiger partial charge in [-0.05, 0) is 24.1 Å². The highest BCUT2D eigenvalue weighted by atomic mass is 35.5. The number of nitrogens with one attached hydrogen (secondary N) is 1. The highest BCUT2D eigenvalue weighted by molar-refractivity contribution is 7.89. The largest absolute Gasteiger partial charge is 0.244 e. The Morgan fingerprint density at radius 3 is 2.58 bits per heavy atom. The summed E-state index contributed by atoms with van der Waals surface area (Å²) >= 11 is 5.68. The quantitative estimate of drug-likeness (QED) is 0.861. The summed E-state index contributed by atoms with van der Waals surface area (Å²) < 4.78 is 26.5. The molecule has 0 aliphatic rings. The molecular formula is C13H13ClN2O2S. The van der Waals surface area contributed by atoms with Gasteiger partial charge in [-0.2, -0.15) is 0 Å². The average Bonchev–Trinajstić information content (AvgIpc) is 2.40. The van der Waals surface area contributed by atoms with E-state index in [1.54, 1.807) is 0 Å². The van der Waals surface area contributed by atoms with E-state index in [1.807, 2.05) is 30.3 Å². The van der Waals surface area contributed by atoms with Gasteiger partial charge in [0.05, 0.1) is 4.90 Å². The number of aromatic nitrogens is 1. The fourth-order valence-electron chi connectivity index (χ4n) is 1.61. The van der Waals surface area contributed by atoms with Gasteiger partial charge in [0.15, 0.2) is 0 Å². The third-order valence-electron chi connectivity index (χ3n) is 2.56. The van der Waals surface area contributed by atoms with Crippen LogP contribution in [0.15, 0.2) is 53.6 Å². The van der Waals surface area contributed by atoms with Gasteiger partial charge in [0.2, 0.25) is 10.0 Å². The van der Waals surface area contributed by atoms with E-state index >= 15 is 0 Å². The molecule has 0 unspecified atom stereocenters. The highest BCUT2D eigenvalue weighted by Gasteiger charge is 2.13. The van der Waals surface area contributed by atoms with Crippen molar-refractivity contribution in [3.63, 3.8) is 0 Å². The van der Waals surface area contributed by atoms with Crippen LogP contribution in [-0.2, 0) is 16.4 Å². The molecule has 0 saturated carbocycles. The maximum Gasteiger partial charge on any atom is 0.240 e. The number of hydrogen-bond acceptors (Lipinski definition) is 3. The van der Waals surface area contributed by atoms with E-state index in [9.17, 15) is 8.42 Å². The second-order valence-electron chi connectivity index (χ2n) is 3.95. The number of halogens is 1. The normalized spacial score (nSPS) is 11.4. The van der Waals surface area contributed by atoms with Crippen LogP contribution in [0.25, 0.3) is 0 Å².